The third kappa shape index (κ3) is 3.19. The van der Waals surface area contributed by atoms with Crippen molar-refractivity contribution in [3.8, 4) is 5.75 Å². The molecule has 1 saturated heterocycles. The molecular formula is C19H23N3O3. The lowest BCUT2D eigenvalue weighted by atomic mass is 9.96. The number of rotatable bonds is 4. The fourth-order valence-electron chi connectivity index (χ4n) is 3.52. The molecule has 3 heterocycles. The standard InChI is InChI=1S/C19H23N3O3/c1-3-23-12-17-20-13(2)10-18(21-17)22-8-9-24-19-14-6-4-5-7-16(14)25-11-15(19)22/h4-7,10,15,19H,3,8-9,11-12H2,1-2H3. The molecule has 0 saturated carbocycles. The first kappa shape index (κ1) is 16.3. The molecule has 0 aliphatic carbocycles. The zero-order valence-corrected chi connectivity index (χ0v) is 14.6. The number of anilines is 1. The third-order valence-electron chi connectivity index (χ3n) is 4.63. The lowest BCUT2D eigenvalue weighted by Gasteiger charge is -2.44. The predicted molar refractivity (Wildman–Crippen MR) is 93.9 cm³/mol. The fourth-order valence-corrected chi connectivity index (χ4v) is 3.52. The summed E-state index contributed by atoms with van der Waals surface area (Å²) in [5.74, 6) is 2.56. The highest BCUT2D eigenvalue weighted by molar-refractivity contribution is 5.46. The Bertz CT molecular complexity index is 752. The van der Waals surface area contributed by atoms with Gasteiger partial charge in [0.2, 0.25) is 0 Å². The largest absolute Gasteiger partial charge is 0.491 e. The van der Waals surface area contributed by atoms with Crippen LogP contribution in [0.3, 0.4) is 0 Å². The van der Waals surface area contributed by atoms with Crippen LogP contribution in [0.2, 0.25) is 0 Å². The van der Waals surface area contributed by atoms with Gasteiger partial charge in [0, 0.05) is 30.5 Å². The van der Waals surface area contributed by atoms with E-state index in [4.69, 9.17) is 19.2 Å². The van der Waals surface area contributed by atoms with E-state index in [1.165, 1.54) is 0 Å². The highest BCUT2D eigenvalue weighted by Gasteiger charge is 2.39. The molecule has 0 N–H and O–H groups in total. The summed E-state index contributed by atoms with van der Waals surface area (Å²) < 4.78 is 17.6. The molecule has 1 aromatic carbocycles. The number of aryl methyl sites for hydroxylation is 1. The number of aromatic nitrogens is 2. The van der Waals surface area contributed by atoms with Crippen molar-refractivity contribution in [1.29, 1.82) is 0 Å². The van der Waals surface area contributed by atoms with Crippen molar-refractivity contribution >= 4 is 5.82 Å². The maximum Gasteiger partial charge on any atom is 0.156 e. The van der Waals surface area contributed by atoms with Crippen LogP contribution in [0.25, 0.3) is 0 Å². The van der Waals surface area contributed by atoms with Crippen LogP contribution in [-0.4, -0.2) is 42.4 Å². The maximum absolute atomic E-state index is 6.10. The molecule has 2 aliphatic rings. The van der Waals surface area contributed by atoms with Gasteiger partial charge in [-0.25, -0.2) is 9.97 Å². The minimum atomic E-state index is 0.00399. The van der Waals surface area contributed by atoms with Gasteiger partial charge in [0.15, 0.2) is 5.82 Å². The van der Waals surface area contributed by atoms with E-state index in [0.29, 0.717) is 26.4 Å². The van der Waals surface area contributed by atoms with Crippen molar-refractivity contribution in [3.63, 3.8) is 0 Å². The molecule has 2 atom stereocenters. The summed E-state index contributed by atoms with van der Waals surface area (Å²) in [7, 11) is 0. The van der Waals surface area contributed by atoms with Gasteiger partial charge in [-0.15, -0.1) is 0 Å². The Morgan fingerprint density at radius 3 is 3.04 bits per heavy atom. The second kappa shape index (κ2) is 6.98. The quantitative estimate of drug-likeness (QED) is 0.852. The van der Waals surface area contributed by atoms with Crippen LogP contribution in [0, 0.1) is 6.92 Å². The van der Waals surface area contributed by atoms with Crippen molar-refractivity contribution in [2.24, 2.45) is 0 Å². The molecule has 132 valence electrons. The van der Waals surface area contributed by atoms with E-state index in [2.05, 4.69) is 16.0 Å². The molecule has 1 fully saturated rings. The van der Waals surface area contributed by atoms with Crippen LogP contribution in [0.15, 0.2) is 30.3 Å². The summed E-state index contributed by atoms with van der Waals surface area (Å²) in [6.45, 7) is 7.09. The zero-order chi connectivity index (χ0) is 17.2. The molecule has 0 amide bonds. The first-order chi connectivity index (χ1) is 12.3. The monoisotopic (exact) mass is 341 g/mol. The summed E-state index contributed by atoms with van der Waals surface area (Å²) in [6.07, 6.45) is 0.00399. The van der Waals surface area contributed by atoms with E-state index in [9.17, 15) is 0 Å². The summed E-state index contributed by atoms with van der Waals surface area (Å²) in [6, 6.07) is 10.2. The number of hydrogen-bond donors (Lipinski definition) is 0. The third-order valence-corrected chi connectivity index (χ3v) is 4.63. The van der Waals surface area contributed by atoms with Crippen molar-refractivity contribution in [2.75, 3.05) is 31.3 Å². The maximum atomic E-state index is 6.10. The summed E-state index contributed by atoms with van der Waals surface area (Å²) in [4.78, 5) is 11.5. The molecule has 0 radical (unpaired) electrons. The summed E-state index contributed by atoms with van der Waals surface area (Å²) >= 11 is 0. The van der Waals surface area contributed by atoms with Gasteiger partial charge in [0.1, 0.15) is 30.9 Å². The Balaban J connectivity index is 1.64. The van der Waals surface area contributed by atoms with Crippen molar-refractivity contribution in [1.82, 2.24) is 9.97 Å². The van der Waals surface area contributed by atoms with Crippen LogP contribution < -0.4 is 9.64 Å². The minimum absolute atomic E-state index is 0.00399. The Morgan fingerprint density at radius 1 is 1.28 bits per heavy atom. The summed E-state index contributed by atoms with van der Waals surface area (Å²) in [5, 5.41) is 0. The van der Waals surface area contributed by atoms with Gasteiger partial charge in [0.25, 0.3) is 0 Å². The molecule has 0 bridgehead atoms. The molecule has 2 unspecified atom stereocenters. The van der Waals surface area contributed by atoms with Gasteiger partial charge in [-0.1, -0.05) is 18.2 Å². The van der Waals surface area contributed by atoms with Gasteiger partial charge in [-0.3, -0.25) is 0 Å². The van der Waals surface area contributed by atoms with Gasteiger partial charge in [-0.2, -0.15) is 0 Å². The first-order valence-corrected chi connectivity index (χ1v) is 8.78. The van der Waals surface area contributed by atoms with E-state index < -0.39 is 0 Å². The Labute approximate surface area is 147 Å². The molecule has 4 rings (SSSR count). The van der Waals surface area contributed by atoms with Crippen LogP contribution >= 0.6 is 0 Å². The highest BCUT2D eigenvalue weighted by atomic mass is 16.5. The average Bonchev–Trinajstić information content (AvgIpc) is 2.65. The topological polar surface area (TPSA) is 56.7 Å². The number of morpholine rings is 1. The molecule has 1 aromatic heterocycles. The van der Waals surface area contributed by atoms with E-state index in [1.807, 2.05) is 38.1 Å². The van der Waals surface area contributed by atoms with E-state index >= 15 is 0 Å². The Hall–Kier alpha value is -2.18. The lowest BCUT2D eigenvalue weighted by Crippen LogP contribution is -2.52. The number of fused-ring (bicyclic) bond motifs is 3. The predicted octanol–water partition coefficient (Wildman–Crippen LogP) is 2.66. The lowest BCUT2D eigenvalue weighted by molar-refractivity contribution is -0.0158. The van der Waals surface area contributed by atoms with Gasteiger partial charge in [-0.05, 0) is 19.9 Å². The number of benzene rings is 1. The molecule has 2 aromatic rings. The summed E-state index contributed by atoms with van der Waals surface area (Å²) in [5.41, 5.74) is 2.06. The van der Waals surface area contributed by atoms with Crippen molar-refractivity contribution < 1.29 is 14.2 Å². The normalized spacial score (nSPS) is 22.1. The second-order valence-electron chi connectivity index (χ2n) is 6.32. The Morgan fingerprint density at radius 2 is 2.16 bits per heavy atom. The number of ether oxygens (including phenoxy) is 3. The molecule has 0 spiro atoms. The van der Waals surface area contributed by atoms with Gasteiger partial charge >= 0.3 is 0 Å². The minimum Gasteiger partial charge on any atom is -0.491 e. The molecule has 25 heavy (non-hydrogen) atoms. The number of para-hydroxylation sites is 1. The van der Waals surface area contributed by atoms with Gasteiger partial charge < -0.3 is 19.1 Å². The highest BCUT2D eigenvalue weighted by Crippen LogP contribution is 2.39. The zero-order valence-electron chi connectivity index (χ0n) is 14.6. The molecule has 6 nitrogen and oxygen atoms in total. The number of hydrogen-bond acceptors (Lipinski definition) is 6. The second-order valence-corrected chi connectivity index (χ2v) is 6.32. The van der Waals surface area contributed by atoms with E-state index in [-0.39, 0.29) is 12.1 Å². The SMILES string of the molecule is CCOCc1nc(C)cc(N2CCOC3c4ccccc4OCC32)n1. The Kier molecular flexibility index (Phi) is 4.55. The van der Waals surface area contributed by atoms with Gasteiger partial charge in [0.05, 0.1) is 12.6 Å². The van der Waals surface area contributed by atoms with E-state index in [0.717, 1.165) is 35.2 Å². The van der Waals surface area contributed by atoms with Crippen LogP contribution in [0.1, 0.15) is 30.1 Å². The number of nitrogens with zero attached hydrogens (tertiary/aromatic N) is 3. The molecular weight excluding hydrogens is 318 g/mol. The van der Waals surface area contributed by atoms with Crippen LogP contribution in [-0.2, 0) is 16.1 Å². The first-order valence-electron chi connectivity index (χ1n) is 8.78. The van der Waals surface area contributed by atoms with Crippen molar-refractivity contribution in [2.45, 2.75) is 32.6 Å². The smallest absolute Gasteiger partial charge is 0.156 e. The average molecular weight is 341 g/mol. The molecule has 6 heteroatoms. The van der Waals surface area contributed by atoms with Crippen molar-refractivity contribution in [3.05, 3.63) is 47.4 Å². The fraction of sp³-hybridized carbons (Fsp3) is 0.474. The van der Waals surface area contributed by atoms with Crippen LogP contribution in [0.4, 0.5) is 5.82 Å². The molecule has 2 aliphatic heterocycles. The van der Waals surface area contributed by atoms with Crippen LogP contribution in [0.5, 0.6) is 5.75 Å². The van der Waals surface area contributed by atoms with E-state index in [1.54, 1.807) is 0 Å².